The van der Waals surface area contributed by atoms with Gasteiger partial charge in [0.25, 0.3) is 0 Å². The van der Waals surface area contributed by atoms with Crippen LogP contribution in [-0.4, -0.2) is 6.10 Å². The molecule has 0 radical (unpaired) electrons. The molecule has 0 aromatic heterocycles. The number of hydrogen-bond acceptors (Lipinski definition) is 2. The molecule has 2 nitrogen and oxygen atoms in total. The molecule has 4 heteroatoms. The van der Waals surface area contributed by atoms with E-state index >= 15 is 0 Å². The molecule has 1 unspecified atom stereocenters. The van der Waals surface area contributed by atoms with Crippen molar-refractivity contribution in [3.8, 4) is 5.75 Å². The van der Waals surface area contributed by atoms with Gasteiger partial charge in [-0.15, -0.1) is 0 Å². The summed E-state index contributed by atoms with van der Waals surface area (Å²) in [5.41, 5.74) is 6.26. The van der Waals surface area contributed by atoms with Crippen molar-refractivity contribution < 1.29 is 9.13 Å². The highest BCUT2D eigenvalue weighted by molar-refractivity contribution is 14.1. The van der Waals surface area contributed by atoms with Crippen LogP contribution < -0.4 is 10.5 Å². The lowest BCUT2D eigenvalue weighted by atomic mass is 10.1. The molecule has 1 aromatic rings. The zero-order valence-electron chi connectivity index (χ0n) is 9.76. The summed E-state index contributed by atoms with van der Waals surface area (Å²) in [6, 6.07) is 2.95. The quantitative estimate of drug-likeness (QED) is 0.670. The van der Waals surface area contributed by atoms with Gasteiger partial charge in [0.05, 0.1) is 15.4 Å². The average Bonchev–Trinajstić information content (AvgIpc) is 2.12. The monoisotopic (exact) mass is 337 g/mol. The molecular formula is C12H17FINO. The Morgan fingerprint density at radius 2 is 2.00 bits per heavy atom. The van der Waals surface area contributed by atoms with E-state index in [1.807, 2.05) is 29.5 Å². The van der Waals surface area contributed by atoms with Crippen molar-refractivity contribution in [1.82, 2.24) is 0 Å². The van der Waals surface area contributed by atoms with Gasteiger partial charge in [-0.1, -0.05) is 13.8 Å². The van der Waals surface area contributed by atoms with Crippen LogP contribution in [0.1, 0.15) is 27.2 Å². The standard InChI is InChI=1S/C12H17FINO/c1-7(2)4-8(3)16-12-5-9(13)10(14)6-11(12)15/h5-8H,4,15H2,1-3H3. The van der Waals surface area contributed by atoms with Crippen molar-refractivity contribution in [2.45, 2.75) is 33.3 Å². The smallest absolute Gasteiger partial charge is 0.145 e. The third-order valence-corrected chi connectivity index (χ3v) is 3.01. The fourth-order valence-electron chi connectivity index (χ4n) is 1.57. The maximum absolute atomic E-state index is 13.3. The summed E-state index contributed by atoms with van der Waals surface area (Å²) in [7, 11) is 0. The van der Waals surface area contributed by atoms with E-state index in [-0.39, 0.29) is 11.9 Å². The predicted molar refractivity (Wildman–Crippen MR) is 73.1 cm³/mol. The minimum Gasteiger partial charge on any atom is -0.488 e. The van der Waals surface area contributed by atoms with Crippen molar-refractivity contribution in [1.29, 1.82) is 0 Å². The zero-order chi connectivity index (χ0) is 12.3. The summed E-state index contributed by atoms with van der Waals surface area (Å²) >= 11 is 1.91. The molecule has 2 N–H and O–H groups in total. The van der Waals surface area contributed by atoms with Crippen LogP contribution in [0.15, 0.2) is 12.1 Å². The van der Waals surface area contributed by atoms with Crippen molar-refractivity contribution in [3.63, 3.8) is 0 Å². The summed E-state index contributed by atoms with van der Waals surface area (Å²) in [6.07, 6.45) is 0.967. The fourth-order valence-corrected chi connectivity index (χ4v) is 2.07. The van der Waals surface area contributed by atoms with Gasteiger partial charge in [-0.05, 0) is 47.9 Å². The lowest BCUT2D eigenvalue weighted by Crippen LogP contribution is -2.15. The minimum absolute atomic E-state index is 0.0433. The van der Waals surface area contributed by atoms with Crippen molar-refractivity contribution in [2.24, 2.45) is 5.92 Å². The fraction of sp³-hybridized carbons (Fsp3) is 0.500. The summed E-state index contributed by atoms with van der Waals surface area (Å²) in [4.78, 5) is 0. The third kappa shape index (κ3) is 3.81. The van der Waals surface area contributed by atoms with E-state index in [2.05, 4.69) is 13.8 Å². The number of nitrogens with two attached hydrogens (primary N) is 1. The van der Waals surface area contributed by atoms with E-state index in [0.29, 0.717) is 20.9 Å². The van der Waals surface area contributed by atoms with Gasteiger partial charge >= 0.3 is 0 Å². The van der Waals surface area contributed by atoms with Crippen molar-refractivity contribution in [2.75, 3.05) is 5.73 Å². The molecule has 0 aliphatic heterocycles. The SMILES string of the molecule is CC(C)CC(C)Oc1cc(F)c(I)cc1N. The normalized spacial score (nSPS) is 12.9. The molecule has 0 aliphatic carbocycles. The molecule has 0 aliphatic rings. The van der Waals surface area contributed by atoms with Gasteiger partial charge in [-0.3, -0.25) is 0 Å². The Kier molecular flexibility index (Phi) is 4.83. The van der Waals surface area contributed by atoms with Crippen molar-refractivity contribution in [3.05, 3.63) is 21.5 Å². The molecule has 0 heterocycles. The lowest BCUT2D eigenvalue weighted by molar-refractivity contribution is 0.193. The molecular weight excluding hydrogens is 320 g/mol. The summed E-state index contributed by atoms with van der Waals surface area (Å²) in [6.45, 7) is 6.21. The zero-order valence-corrected chi connectivity index (χ0v) is 11.9. The van der Waals surface area contributed by atoms with Crippen molar-refractivity contribution >= 4 is 28.3 Å². The Labute approximate surface area is 110 Å². The van der Waals surface area contributed by atoms with E-state index in [1.54, 1.807) is 6.07 Å². The number of halogens is 2. The van der Waals surface area contributed by atoms with E-state index in [1.165, 1.54) is 6.07 Å². The van der Waals surface area contributed by atoms with E-state index < -0.39 is 0 Å². The molecule has 0 saturated carbocycles. The molecule has 0 amide bonds. The van der Waals surface area contributed by atoms with Gasteiger partial charge in [0, 0.05) is 6.07 Å². The summed E-state index contributed by atoms with van der Waals surface area (Å²) in [5.74, 6) is 0.692. The van der Waals surface area contributed by atoms with Gasteiger partial charge in [0.2, 0.25) is 0 Å². The second-order valence-corrected chi connectivity index (χ2v) is 5.52. The molecule has 1 atom stereocenters. The molecule has 0 spiro atoms. The topological polar surface area (TPSA) is 35.2 Å². The number of rotatable bonds is 4. The van der Waals surface area contributed by atoms with E-state index in [4.69, 9.17) is 10.5 Å². The Hall–Kier alpha value is -0.520. The first-order valence-electron chi connectivity index (χ1n) is 5.31. The number of ether oxygens (including phenoxy) is 1. The molecule has 90 valence electrons. The highest BCUT2D eigenvalue weighted by atomic mass is 127. The van der Waals surface area contributed by atoms with E-state index in [0.717, 1.165) is 6.42 Å². The Morgan fingerprint density at radius 1 is 1.38 bits per heavy atom. The maximum atomic E-state index is 13.3. The third-order valence-electron chi connectivity index (χ3n) is 2.18. The predicted octanol–water partition coefficient (Wildman–Crippen LogP) is 3.83. The van der Waals surface area contributed by atoms with Crippen LogP contribution in [0.3, 0.4) is 0 Å². The van der Waals surface area contributed by atoms with Gasteiger partial charge in [-0.25, -0.2) is 4.39 Å². The Balaban J connectivity index is 2.77. The molecule has 16 heavy (non-hydrogen) atoms. The summed E-state index contributed by atoms with van der Waals surface area (Å²) in [5, 5.41) is 0. The van der Waals surface area contributed by atoms with Gasteiger partial charge in [0.1, 0.15) is 11.6 Å². The Bertz CT molecular complexity index is 368. The highest BCUT2D eigenvalue weighted by Crippen LogP contribution is 2.27. The summed E-state index contributed by atoms with van der Waals surface area (Å²) < 4.78 is 19.5. The molecule has 0 bridgehead atoms. The molecule has 0 saturated heterocycles. The van der Waals surface area contributed by atoms with Crippen LogP contribution in [0, 0.1) is 15.3 Å². The number of anilines is 1. The van der Waals surface area contributed by atoms with Gasteiger partial charge in [0.15, 0.2) is 0 Å². The number of hydrogen-bond donors (Lipinski definition) is 1. The maximum Gasteiger partial charge on any atom is 0.145 e. The van der Waals surface area contributed by atoms with Gasteiger partial charge < -0.3 is 10.5 Å². The first kappa shape index (κ1) is 13.5. The van der Waals surface area contributed by atoms with Crippen LogP contribution >= 0.6 is 22.6 Å². The second-order valence-electron chi connectivity index (χ2n) is 4.36. The van der Waals surface area contributed by atoms with E-state index in [9.17, 15) is 4.39 Å². The van der Waals surface area contributed by atoms with Crippen LogP contribution in [-0.2, 0) is 0 Å². The lowest BCUT2D eigenvalue weighted by Gasteiger charge is -2.18. The molecule has 1 rings (SSSR count). The second kappa shape index (κ2) is 5.70. The molecule has 0 fully saturated rings. The number of nitrogen functional groups attached to an aromatic ring is 1. The van der Waals surface area contributed by atoms with Crippen LogP contribution in [0.2, 0.25) is 0 Å². The van der Waals surface area contributed by atoms with Crippen LogP contribution in [0.5, 0.6) is 5.75 Å². The highest BCUT2D eigenvalue weighted by Gasteiger charge is 2.11. The average molecular weight is 337 g/mol. The van der Waals surface area contributed by atoms with Crippen LogP contribution in [0.4, 0.5) is 10.1 Å². The molecule has 1 aromatic carbocycles. The van der Waals surface area contributed by atoms with Crippen LogP contribution in [0.25, 0.3) is 0 Å². The minimum atomic E-state index is -0.290. The van der Waals surface area contributed by atoms with Gasteiger partial charge in [-0.2, -0.15) is 0 Å². The Morgan fingerprint density at radius 3 is 2.56 bits per heavy atom. The number of benzene rings is 1. The first-order valence-corrected chi connectivity index (χ1v) is 6.39. The largest absolute Gasteiger partial charge is 0.488 e. The first-order chi connectivity index (χ1) is 7.40.